The van der Waals surface area contributed by atoms with Crippen LogP contribution in [0, 0.1) is 13.8 Å². The van der Waals surface area contributed by atoms with Crippen LogP contribution in [0.2, 0.25) is 0 Å². The highest BCUT2D eigenvalue weighted by Crippen LogP contribution is 2.07. The van der Waals surface area contributed by atoms with Gasteiger partial charge < -0.3 is 10.7 Å². The molecule has 2 aromatic heterocycles. The lowest BCUT2D eigenvalue weighted by Gasteiger charge is -2.07. The molecule has 2 aromatic rings. The van der Waals surface area contributed by atoms with Crippen molar-refractivity contribution in [1.82, 2.24) is 19.7 Å². The van der Waals surface area contributed by atoms with Gasteiger partial charge in [0.25, 0.3) is 0 Å². The fraction of sp³-hybridized carbons (Fsp3) is 0.417. The molecule has 0 unspecified atom stereocenters. The number of anilines is 2. The lowest BCUT2D eigenvalue weighted by Crippen LogP contribution is -2.12. The standard InChI is InChI=1S/C12H19N7/c1-9-6-10(2)19(18-9)5-3-4-14-11-7-12(17-13)16-8-15-11/h6-8H,3-5,13H2,1-2H3,(H2,14,15,16,17). The number of aryl methyl sites for hydroxylation is 3. The molecule has 0 fully saturated rings. The average Bonchev–Trinajstić information content (AvgIpc) is 2.73. The number of nitrogen functional groups attached to an aromatic ring is 1. The van der Waals surface area contributed by atoms with Crippen LogP contribution in [-0.4, -0.2) is 26.3 Å². The first-order valence-corrected chi connectivity index (χ1v) is 6.22. The van der Waals surface area contributed by atoms with Crippen molar-refractivity contribution in [2.75, 3.05) is 17.3 Å². The lowest BCUT2D eigenvalue weighted by atomic mass is 10.4. The van der Waals surface area contributed by atoms with Crippen molar-refractivity contribution < 1.29 is 0 Å². The van der Waals surface area contributed by atoms with Crippen LogP contribution in [0.15, 0.2) is 18.5 Å². The molecule has 4 N–H and O–H groups in total. The van der Waals surface area contributed by atoms with E-state index in [2.05, 4.69) is 38.8 Å². The minimum atomic E-state index is 0.594. The first-order valence-electron chi connectivity index (χ1n) is 6.22. The summed E-state index contributed by atoms with van der Waals surface area (Å²) in [4.78, 5) is 8.06. The Morgan fingerprint density at radius 2 is 2.00 bits per heavy atom. The van der Waals surface area contributed by atoms with Gasteiger partial charge in [-0.05, 0) is 26.3 Å². The number of aromatic nitrogens is 4. The largest absolute Gasteiger partial charge is 0.370 e. The first kappa shape index (κ1) is 13.3. The van der Waals surface area contributed by atoms with E-state index < -0.39 is 0 Å². The van der Waals surface area contributed by atoms with E-state index in [9.17, 15) is 0 Å². The van der Waals surface area contributed by atoms with E-state index in [1.807, 2.05) is 11.6 Å². The van der Waals surface area contributed by atoms with Gasteiger partial charge in [0.2, 0.25) is 0 Å². The Morgan fingerprint density at radius 3 is 2.68 bits per heavy atom. The van der Waals surface area contributed by atoms with E-state index in [0.717, 1.165) is 31.0 Å². The Morgan fingerprint density at radius 1 is 1.21 bits per heavy atom. The number of rotatable bonds is 6. The second kappa shape index (κ2) is 6.14. The van der Waals surface area contributed by atoms with Crippen LogP contribution in [-0.2, 0) is 6.54 Å². The zero-order chi connectivity index (χ0) is 13.7. The molecule has 0 radical (unpaired) electrons. The number of hydrogen-bond donors (Lipinski definition) is 3. The Balaban J connectivity index is 1.79. The molecule has 7 heteroatoms. The summed E-state index contributed by atoms with van der Waals surface area (Å²) >= 11 is 0. The summed E-state index contributed by atoms with van der Waals surface area (Å²) in [6.45, 7) is 5.78. The third-order valence-electron chi connectivity index (χ3n) is 2.77. The normalized spacial score (nSPS) is 10.5. The highest BCUT2D eigenvalue weighted by Gasteiger charge is 2.00. The van der Waals surface area contributed by atoms with E-state index >= 15 is 0 Å². The molecule has 19 heavy (non-hydrogen) atoms. The summed E-state index contributed by atoms with van der Waals surface area (Å²) in [6, 6.07) is 3.85. The Hall–Kier alpha value is -2.15. The molecule has 0 aliphatic rings. The fourth-order valence-electron chi connectivity index (χ4n) is 1.88. The van der Waals surface area contributed by atoms with Gasteiger partial charge in [0, 0.05) is 24.8 Å². The van der Waals surface area contributed by atoms with Crippen molar-refractivity contribution in [2.24, 2.45) is 5.84 Å². The van der Waals surface area contributed by atoms with Gasteiger partial charge in [-0.2, -0.15) is 5.10 Å². The molecule has 0 aliphatic heterocycles. The maximum atomic E-state index is 5.29. The first-order chi connectivity index (χ1) is 9.19. The van der Waals surface area contributed by atoms with Crippen LogP contribution in [0.4, 0.5) is 11.6 Å². The summed E-state index contributed by atoms with van der Waals surface area (Å²) in [5.74, 6) is 6.64. The predicted molar refractivity (Wildman–Crippen MR) is 74.6 cm³/mol. The molecular formula is C12H19N7. The van der Waals surface area contributed by atoms with Crippen LogP contribution in [0.5, 0.6) is 0 Å². The third kappa shape index (κ3) is 3.65. The number of hydrazine groups is 1. The monoisotopic (exact) mass is 261 g/mol. The maximum absolute atomic E-state index is 5.29. The molecular weight excluding hydrogens is 242 g/mol. The van der Waals surface area contributed by atoms with E-state index in [-0.39, 0.29) is 0 Å². The van der Waals surface area contributed by atoms with Gasteiger partial charge in [0.1, 0.15) is 18.0 Å². The van der Waals surface area contributed by atoms with Crippen molar-refractivity contribution >= 4 is 11.6 Å². The zero-order valence-corrected chi connectivity index (χ0v) is 11.2. The van der Waals surface area contributed by atoms with E-state index in [1.165, 1.54) is 12.0 Å². The summed E-state index contributed by atoms with van der Waals surface area (Å²) in [7, 11) is 0. The summed E-state index contributed by atoms with van der Waals surface area (Å²) in [5.41, 5.74) is 4.73. The van der Waals surface area contributed by atoms with Crippen LogP contribution >= 0.6 is 0 Å². The molecule has 0 saturated heterocycles. The number of nitrogens with one attached hydrogen (secondary N) is 2. The van der Waals surface area contributed by atoms with Crippen LogP contribution in [0.1, 0.15) is 17.8 Å². The van der Waals surface area contributed by atoms with Gasteiger partial charge in [0.05, 0.1) is 5.69 Å². The zero-order valence-electron chi connectivity index (χ0n) is 11.2. The van der Waals surface area contributed by atoms with Gasteiger partial charge in [-0.15, -0.1) is 0 Å². The number of hydrogen-bond acceptors (Lipinski definition) is 6. The maximum Gasteiger partial charge on any atom is 0.145 e. The lowest BCUT2D eigenvalue weighted by molar-refractivity contribution is 0.573. The molecule has 102 valence electrons. The summed E-state index contributed by atoms with van der Waals surface area (Å²) in [5, 5.41) is 7.65. The molecule has 0 saturated carbocycles. The molecule has 0 aliphatic carbocycles. The van der Waals surface area contributed by atoms with Gasteiger partial charge in [0.15, 0.2) is 0 Å². The quantitative estimate of drug-likeness (QED) is 0.409. The molecule has 0 atom stereocenters. The van der Waals surface area contributed by atoms with E-state index in [0.29, 0.717) is 5.82 Å². The average molecular weight is 261 g/mol. The van der Waals surface area contributed by atoms with Crippen LogP contribution in [0.25, 0.3) is 0 Å². The van der Waals surface area contributed by atoms with Crippen LogP contribution < -0.4 is 16.6 Å². The minimum Gasteiger partial charge on any atom is -0.370 e. The van der Waals surface area contributed by atoms with Gasteiger partial charge in [-0.1, -0.05) is 0 Å². The van der Waals surface area contributed by atoms with Crippen molar-refractivity contribution in [2.45, 2.75) is 26.8 Å². The highest BCUT2D eigenvalue weighted by atomic mass is 15.3. The number of nitrogens with two attached hydrogens (primary N) is 1. The Bertz CT molecular complexity index is 535. The second-order valence-electron chi connectivity index (χ2n) is 4.36. The Kier molecular flexibility index (Phi) is 4.30. The molecule has 7 nitrogen and oxygen atoms in total. The predicted octanol–water partition coefficient (Wildman–Crippen LogP) is 1.08. The van der Waals surface area contributed by atoms with Gasteiger partial charge in [-0.25, -0.2) is 15.8 Å². The smallest absolute Gasteiger partial charge is 0.145 e. The fourth-order valence-corrected chi connectivity index (χ4v) is 1.88. The Labute approximate surface area is 112 Å². The van der Waals surface area contributed by atoms with Gasteiger partial charge in [-0.3, -0.25) is 4.68 Å². The minimum absolute atomic E-state index is 0.594. The van der Waals surface area contributed by atoms with Crippen LogP contribution in [0.3, 0.4) is 0 Å². The van der Waals surface area contributed by atoms with Crippen molar-refractivity contribution in [1.29, 1.82) is 0 Å². The SMILES string of the molecule is Cc1cc(C)n(CCCNc2cc(NN)ncn2)n1. The summed E-state index contributed by atoms with van der Waals surface area (Å²) < 4.78 is 2.02. The van der Waals surface area contributed by atoms with Crippen molar-refractivity contribution in [3.63, 3.8) is 0 Å². The third-order valence-corrected chi connectivity index (χ3v) is 2.77. The number of nitrogens with zero attached hydrogens (tertiary/aromatic N) is 4. The van der Waals surface area contributed by atoms with Gasteiger partial charge >= 0.3 is 0 Å². The van der Waals surface area contributed by atoms with E-state index in [1.54, 1.807) is 6.07 Å². The molecule has 0 bridgehead atoms. The summed E-state index contributed by atoms with van der Waals surface area (Å²) in [6.07, 6.45) is 2.44. The topological polar surface area (TPSA) is 93.7 Å². The molecule has 0 amide bonds. The van der Waals surface area contributed by atoms with E-state index in [4.69, 9.17) is 5.84 Å². The molecule has 2 heterocycles. The van der Waals surface area contributed by atoms with Crippen molar-refractivity contribution in [3.05, 3.63) is 29.8 Å². The van der Waals surface area contributed by atoms with Crippen molar-refractivity contribution in [3.8, 4) is 0 Å². The molecule has 0 aromatic carbocycles. The molecule has 2 rings (SSSR count). The molecule has 0 spiro atoms. The second-order valence-corrected chi connectivity index (χ2v) is 4.36. The highest BCUT2D eigenvalue weighted by molar-refractivity contribution is 5.45.